The van der Waals surface area contributed by atoms with Crippen molar-refractivity contribution in [1.82, 2.24) is 35.2 Å². The second-order valence-corrected chi connectivity index (χ2v) is 7.66. The molecular formula is C21H16ClF2N9O3. The van der Waals surface area contributed by atoms with Crippen LogP contribution in [0.3, 0.4) is 0 Å². The second kappa shape index (κ2) is 10.4. The molecule has 12 nitrogen and oxygen atoms in total. The number of ether oxygens (including phenoxy) is 1. The van der Waals surface area contributed by atoms with Crippen LogP contribution in [0.4, 0.5) is 25.1 Å². The lowest BCUT2D eigenvalue weighted by Gasteiger charge is -2.15. The Morgan fingerprint density at radius 1 is 1.08 bits per heavy atom. The van der Waals surface area contributed by atoms with Gasteiger partial charge in [0.2, 0.25) is 5.95 Å². The molecule has 15 heteroatoms. The summed E-state index contributed by atoms with van der Waals surface area (Å²) in [5, 5.41) is 20.3. The molecule has 4 rings (SSSR count). The molecule has 0 unspecified atom stereocenters. The van der Waals surface area contributed by atoms with Crippen molar-refractivity contribution in [2.75, 3.05) is 10.6 Å². The van der Waals surface area contributed by atoms with E-state index in [1.165, 1.54) is 49.2 Å². The number of amides is 2. The number of hydrogen-bond donors (Lipinski definition) is 2. The van der Waals surface area contributed by atoms with E-state index in [4.69, 9.17) is 16.3 Å². The van der Waals surface area contributed by atoms with Gasteiger partial charge in [0, 0.05) is 19.3 Å². The average Bonchev–Trinajstić information content (AvgIpc) is 3.20. The highest BCUT2D eigenvalue weighted by molar-refractivity contribution is 6.29. The van der Waals surface area contributed by atoms with E-state index in [-0.39, 0.29) is 33.5 Å². The monoisotopic (exact) mass is 515 g/mol. The fourth-order valence-electron chi connectivity index (χ4n) is 3.02. The average molecular weight is 516 g/mol. The highest BCUT2D eigenvalue weighted by atomic mass is 35.5. The first-order valence-electron chi connectivity index (χ1n) is 10.2. The molecule has 4 aromatic rings. The molecule has 0 aromatic carbocycles. The van der Waals surface area contributed by atoms with Crippen LogP contribution in [0, 0.1) is 11.8 Å². The molecule has 0 fully saturated rings. The van der Waals surface area contributed by atoms with Crippen molar-refractivity contribution in [2.45, 2.75) is 13.0 Å². The third-order valence-corrected chi connectivity index (χ3v) is 4.94. The number of hydrogen-bond acceptors (Lipinski definition) is 9. The lowest BCUT2D eigenvalue weighted by Crippen LogP contribution is -2.19. The first-order chi connectivity index (χ1) is 17.2. The molecule has 4 aromatic heterocycles. The Morgan fingerprint density at radius 3 is 2.61 bits per heavy atom. The maximum absolute atomic E-state index is 13.9. The molecule has 0 bridgehead atoms. The summed E-state index contributed by atoms with van der Waals surface area (Å²) in [7, 11) is 1.52. The number of rotatable bonds is 6. The van der Waals surface area contributed by atoms with Gasteiger partial charge in [-0.25, -0.2) is 18.9 Å². The second-order valence-electron chi connectivity index (χ2n) is 7.27. The van der Waals surface area contributed by atoms with E-state index in [2.05, 4.69) is 41.1 Å². The minimum absolute atomic E-state index is 0.118. The minimum Gasteiger partial charge on any atom is -0.441 e. The predicted molar refractivity (Wildman–Crippen MR) is 122 cm³/mol. The normalized spacial score (nSPS) is 11.6. The number of carbonyl (C=O) groups is 2. The van der Waals surface area contributed by atoms with E-state index >= 15 is 0 Å². The lowest BCUT2D eigenvalue weighted by molar-refractivity contribution is 0.102. The molecule has 1 atom stereocenters. The molecule has 0 saturated carbocycles. The Morgan fingerprint density at radius 2 is 1.89 bits per heavy atom. The van der Waals surface area contributed by atoms with Crippen molar-refractivity contribution in [3.05, 3.63) is 70.9 Å². The van der Waals surface area contributed by atoms with Gasteiger partial charge < -0.3 is 10.1 Å². The zero-order valence-corrected chi connectivity index (χ0v) is 19.4. The summed E-state index contributed by atoms with van der Waals surface area (Å²) in [6, 6.07) is 5.32. The number of pyridine rings is 2. The highest BCUT2D eigenvalue weighted by Crippen LogP contribution is 2.25. The summed E-state index contributed by atoms with van der Waals surface area (Å²) in [5.41, 5.74) is 0.818. The fraction of sp³-hybridized carbons (Fsp3) is 0.143. The first kappa shape index (κ1) is 24.5. The topological polar surface area (TPSA) is 150 Å². The largest absolute Gasteiger partial charge is 0.441 e. The number of nitrogens with one attached hydrogen (secondary N) is 2. The zero-order valence-electron chi connectivity index (χ0n) is 18.6. The van der Waals surface area contributed by atoms with Crippen LogP contribution in [-0.2, 0) is 11.8 Å². The number of aryl methyl sites for hydroxylation is 1. The van der Waals surface area contributed by atoms with Crippen molar-refractivity contribution in [2.24, 2.45) is 7.05 Å². The molecule has 0 aliphatic heterocycles. The summed E-state index contributed by atoms with van der Waals surface area (Å²) in [6.45, 7) is 1.36. The maximum atomic E-state index is 13.9. The molecule has 4 heterocycles. The van der Waals surface area contributed by atoms with Crippen molar-refractivity contribution < 1.29 is 23.1 Å². The van der Waals surface area contributed by atoms with Crippen molar-refractivity contribution in [1.29, 1.82) is 0 Å². The van der Waals surface area contributed by atoms with Gasteiger partial charge in [-0.2, -0.15) is 9.49 Å². The van der Waals surface area contributed by atoms with Crippen LogP contribution in [0.25, 0.3) is 11.4 Å². The Bertz CT molecular complexity index is 1430. The summed E-state index contributed by atoms with van der Waals surface area (Å²) in [6.07, 6.45) is 1.24. The number of halogens is 3. The summed E-state index contributed by atoms with van der Waals surface area (Å²) >= 11 is 5.76. The van der Waals surface area contributed by atoms with Gasteiger partial charge in [0.05, 0.1) is 34.9 Å². The van der Waals surface area contributed by atoms with Crippen LogP contribution in [0.15, 0.2) is 42.9 Å². The van der Waals surface area contributed by atoms with Gasteiger partial charge in [0.25, 0.3) is 5.91 Å². The van der Waals surface area contributed by atoms with E-state index < -0.39 is 29.9 Å². The third-order valence-electron chi connectivity index (χ3n) is 4.75. The highest BCUT2D eigenvalue weighted by Gasteiger charge is 2.21. The fourth-order valence-corrected chi connectivity index (χ4v) is 3.19. The number of nitrogens with zero attached hydrogens (tertiary/aromatic N) is 7. The molecule has 0 radical (unpaired) electrons. The van der Waals surface area contributed by atoms with Crippen LogP contribution >= 0.6 is 11.6 Å². The zero-order chi connectivity index (χ0) is 25.8. The van der Waals surface area contributed by atoms with Crippen molar-refractivity contribution in [3.63, 3.8) is 0 Å². The van der Waals surface area contributed by atoms with Gasteiger partial charge in [0.15, 0.2) is 16.7 Å². The number of anilines is 2. The molecule has 0 spiro atoms. The summed E-state index contributed by atoms with van der Waals surface area (Å²) in [4.78, 5) is 32.4. The van der Waals surface area contributed by atoms with Gasteiger partial charge in [0.1, 0.15) is 11.9 Å². The van der Waals surface area contributed by atoms with E-state index in [9.17, 15) is 18.4 Å². The molecule has 184 valence electrons. The van der Waals surface area contributed by atoms with E-state index in [1.807, 2.05) is 0 Å². The Balaban J connectivity index is 1.46. The molecule has 0 saturated heterocycles. The minimum atomic E-state index is -1.14. The Hall–Kier alpha value is -4.59. The van der Waals surface area contributed by atoms with Gasteiger partial charge in [-0.15, -0.1) is 10.2 Å². The maximum Gasteiger partial charge on any atom is 0.413 e. The smallest absolute Gasteiger partial charge is 0.413 e. The van der Waals surface area contributed by atoms with Crippen LogP contribution in [0.1, 0.15) is 28.9 Å². The Kier molecular flexibility index (Phi) is 7.05. The summed E-state index contributed by atoms with van der Waals surface area (Å²) in [5.74, 6) is -2.08. The summed E-state index contributed by atoms with van der Waals surface area (Å²) < 4.78 is 33.7. The molecule has 0 aliphatic carbocycles. The quantitative estimate of drug-likeness (QED) is 0.367. The van der Waals surface area contributed by atoms with Gasteiger partial charge in [-0.05, 0) is 25.1 Å². The van der Waals surface area contributed by atoms with Crippen LogP contribution in [0.2, 0.25) is 5.15 Å². The number of carbonyl (C=O) groups excluding carboxylic acids is 2. The van der Waals surface area contributed by atoms with E-state index in [1.54, 1.807) is 0 Å². The van der Waals surface area contributed by atoms with Crippen LogP contribution < -0.4 is 10.6 Å². The van der Waals surface area contributed by atoms with Crippen LogP contribution in [0.5, 0.6) is 0 Å². The standard InChI is InChI=1S/C21H16ClF2N9O3/c1-10(14-5-12(23)8-26-18(14)24)36-21(35)29-19-17(31-32-33(19)2)15-4-3-11(7-25-15)20(34)28-13-6-16(22)30-27-9-13/h3-10H,1-2H3,(H,29,35)(H,28,30,34)/t10-/m1/s1. The van der Waals surface area contributed by atoms with Gasteiger partial charge >= 0.3 is 6.09 Å². The van der Waals surface area contributed by atoms with Gasteiger partial charge in [-0.1, -0.05) is 16.8 Å². The molecule has 36 heavy (non-hydrogen) atoms. The van der Waals surface area contributed by atoms with Crippen molar-refractivity contribution >= 4 is 35.1 Å². The lowest BCUT2D eigenvalue weighted by atomic mass is 10.2. The van der Waals surface area contributed by atoms with Gasteiger partial charge in [-0.3, -0.25) is 15.1 Å². The number of aromatic nitrogens is 7. The van der Waals surface area contributed by atoms with Crippen LogP contribution in [-0.4, -0.2) is 47.2 Å². The third kappa shape index (κ3) is 5.55. The Labute approximate surface area is 206 Å². The molecule has 2 amide bonds. The molecular weight excluding hydrogens is 500 g/mol. The molecule has 0 aliphatic rings. The predicted octanol–water partition coefficient (Wildman–Crippen LogP) is 3.56. The van der Waals surface area contributed by atoms with E-state index in [0.29, 0.717) is 11.9 Å². The first-order valence-corrected chi connectivity index (χ1v) is 10.5. The SMILES string of the molecule is C[C@@H](OC(=O)Nc1c(-c2ccc(C(=O)Nc3cnnc(Cl)c3)cn2)nnn1C)c1cc(F)cnc1F. The van der Waals surface area contributed by atoms with Crippen molar-refractivity contribution in [3.8, 4) is 11.4 Å². The molecule has 2 N–H and O–H groups in total. The van der Waals surface area contributed by atoms with E-state index in [0.717, 1.165) is 6.07 Å².